The summed E-state index contributed by atoms with van der Waals surface area (Å²) >= 11 is 0. The molecule has 0 radical (unpaired) electrons. The van der Waals surface area contributed by atoms with Crippen LogP contribution < -0.4 is 5.32 Å². The van der Waals surface area contributed by atoms with Gasteiger partial charge < -0.3 is 15.3 Å². The van der Waals surface area contributed by atoms with Crippen LogP contribution in [0.1, 0.15) is 47.0 Å². The monoisotopic (exact) mass is 270 g/mol. The molecule has 0 aromatic carbocycles. The van der Waals surface area contributed by atoms with Crippen molar-refractivity contribution in [1.82, 2.24) is 10.2 Å². The summed E-state index contributed by atoms with van der Waals surface area (Å²) in [5.41, 5.74) is -0.476. The number of nitrogens with zero attached hydrogens (tertiary/aromatic N) is 1. The van der Waals surface area contributed by atoms with Crippen LogP contribution in [-0.4, -0.2) is 46.6 Å². The van der Waals surface area contributed by atoms with Crippen LogP contribution in [0.25, 0.3) is 0 Å². The summed E-state index contributed by atoms with van der Waals surface area (Å²) in [7, 11) is 0. The number of carboxylic acids is 1. The molecule has 0 spiro atoms. The fraction of sp³-hybridized carbons (Fsp3) is 0.857. The van der Waals surface area contributed by atoms with Crippen LogP contribution in [0, 0.1) is 5.92 Å². The Morgan fingerprint density at radius 3 is 2.47 bits per heavy atom. The van der Waals surface area contributed by atoms with Gasteiger partial charge in [-0.25, -0.2) is 0 Å². The second-order valence-corrected chi connectivity index (χ2v) is 6.29. The minimum atomic E-state index is -0.967. The third-order valence-electron chi connectivity index (χ3n) is 3.76. The van der Waals surface area contributed by atoms with Crippen LogP contribution in [0.3, 0.4) is 0 Å². The molecule has 5 nitrogen and oxygen atoms in total. The van der Waals surface area contributed by atoms with Gasteiger partial charge >= 0.3 is 5.97 Å². The normalized spacial score (nSPS) is 24.0. The van der Waals surface area contributed by atoms with Gasteiger partial charge in [0.25, 0.3) is 0 Å². The second kappa shape index (κ2) is 6.37. The first kappa shape index (κ1) is 16.0. The number of carbonyl (C=O) groups is 2. The van der Waals surface area contributed by atoms with E-state index in [1.54, 1.807) is 0 Å². The van der Waals surface area contributed by atoms with Crippen molar-refractivity contribution < 1.29 is 14.7 Å². The Kier molecular flexibility index (Phi) is 5.35. The van der Waals surface area contributed by atoms with Gasteiger partial charge in [0.1, 0.15) is 6.54 Å². The number of rotatable bonds is 4. The molecule has 1 heterocycles. The number of carbonyl (C=O) groups excluding carboxylic acids is 1. The van der Waals surface area contributed by atoms with Gasteiger partial charge in [-0.3, -0.25) is 9.59 Å². The second-order valence-electron chi connectivity index (χ2n) is 6.29. The summed E-state index contributed by atoms with van der Waals surface area (Å²) in [6.07, 6.45) is 2.97. The molecule has 0 bridgehead atoms. The van der Waals surface area contributed by atoms with Crippen LogP contribution in [0.4, 0.5) is 0 Å². The van der Waals surface area contributed by atoms with Crippen LogP contribution in [-0.2, 0) is 9.59 Å². The maximum absolute atomic E-state index is 12.5. The van der Waals surface area contributed by atoms with E-state index < -0.39 is 11.5 Å². The van der Waals surface area contributed by atoms with Gasteiger partial charge in [-0.1, -0.05) is 13.3 Å². The zero-order chi connectivity index (χ0) is 14.6. The van der Waals surface area contributed by atoms with Gasteiger partial charge in [0.05, 0.1) is 6.04 Å². The fourth-order valence-electron chi connectivity index (χ4n) is 2.52. The number of piperidine rings is 1. The van der Waals surface area contributed by atoms with Crippen molar-refractivity contribution in [2.45, 2.75) is 58.5 Å². The largest absolute Gasteiger partial charge is 0.480 e. The smallest absolute Gasteiger partial charge is 0.323 e. The standard InChI is InChI=1S/C14H26N2O3/c1-5-10-6-7-15-11(8-10)13(19)16(9-12(17)18)14(2,3)4/h10-11,15H,5-9H2,1-4H3,(H,17,18). The van der Waals surface area contributed by atoms with E-state index in [0.717, 1.165) is 25.8 Å². The summed E-state index contributed by atoms with van der Waals surface area (Å²) in [4.78, 5) is 25.0. The van der Waals surface area contributed by atoms with Gasteiger partial charge in [-0.05, 0) is 46.1 Å². The van der Waals surface area contributed by atoms with Crippen molar-refractivity contribution >= 4 is 11.9 Å². The quantitative estimate of drug-likeness (QED) is 0.812. The SMILES string of the molecule is CCC1CCNC(C(=O)N(CC(=O)O)C(C)(C)C)C1. The van der Waals surface area contributed by atoms with Crippen molar-refractivity contribution in [3.05, 3.63) is 0 Å². The molecule has 110 valence electrons. The summed E-state index contributed by atoms with van der Waals surface area (Å²) in [6.45, 7) is 8.34. The first-order chi connectivity index (χ1) is 8.75. The van der Waals surface area contributed by atoms with Gasteiger partial charge in [0.2, 0.25) is 5.91 Å². The third kappa shape index (κ3) is 4.49. The van der Waals surface area contributed by atoms with Crippen LogP contribution in [0.2, 0.25) is 0 Å². The number of nitrogens with one attached hydrogen (secondary N) is 1. The highest BCUT2D eigenvalue weighted by atomic mass is 16.4. The molecule has 5 heteroatoms. The number of amides is 1. The van der Waals surface area contributed by atoms with Crippen molar-refractivity contribution in [3.63, 3.8) is 0 Å². The zero-order valence-electron chi connectivity index (χ0n) is 12.4. The molecule has 19 heavy (non-hydrogen) atoms. The highest BCUT2D eigenvalue weighted by Gasteiger charge is 2.35. The predicted molar refractivity (Wildman–Crippen MR) is 73.9 cm³/mol. The molecule has 2 N–H and O–H groups in total. The number of aliphatic carboxylic acids is 1. The first-order valence-corrected chi connectivity index (χ1v) is 7.02. The first-order valence-electron chi connectivity index (χ1n) is 7.02. The lowest BCUT2D eigenvalue weighted by molar-refractivity contribution is -0.150. The lowest BCUT2D eigenvalue weighted by Crippen LogP contribution is -2.56. The molecule has 0 aromatic heterocycles. The van der Waals surface area contributed by atoms with Crippen molar-refractivity contribution in [1.29, 1.82) is 0 Å². The Bertz CT molecular complexity index is 336. The topological polar surface area (TPSA) is 69.6 Å². The molecule has 1 aliphatic rings. The Morgan fingerprint density at radius 2 is 2.00 bits per heavy atom. The Balaban J connectivity index is 2.78. The summed E-state index contributed by atoms with van der Waals surface area (Å²) in [6, 6.07) is -0.239. The number of hydrogen-bond donors (Lipinski definition) is 2. The Labute approximate surface area is 115 Å². The van der Waals surface area contributed by atoms with Crippen molar-refractivity contribution in [2.75, 3.05) is 13.1 Å². The van der Waals surface area contributed by atoms with E-state index in [4.69, 9.17) is 5.11 Å². The van der Waals surface area contributed by atoms with E-state index in [9.17, 15) is 9.59 Å². The average Bonchev–Trinajstić information content (AvgIpc) is 2.33. The molecular weight excluding hydrogens is 244 g/mol. The molecule has 2 atom stereocenters. The maximum Gasteiger partial charge on any atom is 0.323 e. The minimum Gasteiger partial charge on any atom is -0.480 e. The highest BCUT2D eigenvalue weighted by molar-refractivity contribution is 5.86. The van der Waals surface area contributed by atoms with E-state index in [1.807, 2.05) is 20.8 Å². The van der Waals surface area contributed by atoms with Gasteiger partial charge in [-0.2, -0.15) is 0 Å². The summed E-state index contributed by atoms with van der Waals surface area (Å²) in [5, 5.41) is 12.2. The lowest BCUT2D eigenvalue weighted by atomic mass is 9.89. The lowest BCUT2D eigenvalue weighted by Gasteiger charge is -2.39. The van der Waals surface area contributed by atoms with E-state index in [1.165, 1.54) is 4.90 Å². The zero-order valence-corrected chi connectivity index (χ0v) is 12.4. The van der Waals surface area contributed by atoms with E-state index in [-0.39, 0.29) is 18.5 Å². The van der Waals surface area contributed by atoms with E-state index in [0.29, 0.717) is 5.92 Å². The third-order valence-corrected chi connectivity index (χ3v) is 3.76. The van der Waals surface area contributed by atoms with Crippen molar-refractivity contribution in [2.24, 2.45) is 5.92 Å². The number of hydrogen-bond acceptors (Lipinski definition) is 3. The summed E-state index contributed by atoms with van der Waals surface area (Å²) < 4.78 is 0. The van der Waals surface area contributed by atoms with Gasteiger partial charge in [0.15, 0.2) is 0 Å². The molecule has 0 aliphatic carbocycles. The molecule has 1 amide bonds. The van der Waals surface area contributed by atoms with Crippen LogP contribution in [0.15, 0.2) is 0 Å². The van der Waals surface area contributed by atoms with E-state index >= 15 is 0 Å². The molecule has 2 unspecified atom stereocenters. The van der Waals surface area contributed by atoms with Crippen molar-refractivity contribution in [3.8, 4) is 0 Å². The molecular formula is C14H26N2O3. The average molecular weight is 270 g/mol. The molecule has 1 fully saturated rings. The Hall–Kier alpha value is -1.10. The molecule has 1 saturated heterocycles. The van der Waals surface area contributed by atoms with Crippen LogP contribution >= 0.6 is 0 Å². The maximum atomic E-state index is 12.5. The summed E-state index contributed by atoms with van der Waals surface area (Å²) in [5.74, 6) is -0.499. The minimum absolute atomic E-state index is 0.0898. The van der Waals surface area contributed by atoms with Crippen LogP contribution in [0.5, 0.6) is 0 Å². The Morgan fingerprint density at radius 1 is 1.37 bits per heavy atom. The van der Waals surface area contributed by atoms with Gasteiger partial charge in [0, 0.05) is 5.54 Å². The number of carboxylic acid groups (broad SMARTS) is 1. The predicted octanol–water partition coefficient (Wildman–Crippen LogP) is 1.48. The molecule has 1 aliphatic heterocycles. The fourth-order valence-corrected chi connectivity index (χ4v) is 2.52. The van der Waals surface area contributed by atoms with Gasteiger partial charge in [-0.15, -0.1) is 0 Å². The molecule has 1 rings (SSSR count). The molecule has 0 aromatic rings. The van der Waals surface area contributed by atoms with E-state index in [2.05, 4.69) is 12.2 Å². The highest BCUT2D eigenvalue weighted by Crippen LogP contribution is 2.23. The molecule has 0 saturated carbocycles.